The molecule has 6 heteroatoms. The fourth-order valence-corrected chi connectivity index (χ4v) is 6.04. The fourth-order valence-electron chi connectivity index (χ4n) is 4.45. The second-order valence-electron chi connectivity index (χ2n) is 7.73. The highest BCUT2D eigenvalue weighted by molar-refractivity contribution is 7.80. The van der Waals surface area contributed by atoms with Crippen LogP contribution in [0.3, 0.4) is 0 Å². The number of anilines is 1. The molecule has 0 bridgehead atoms. The molecule has 2 N–H and O–H groups in total. The van der Waals surface area contributed by atoms with Crippen molar-refractivity contribution in [3.8, 4) is 0 Å². The lowest BCUT2D eigenvalue weighted by molar-refractivity contribution is 0.0527. The molecule has 0 aliphatic heterocycles. The molecule has 1 aromatic carbocycles. The molecule has 2 aromatic rings. The smallest absolute Gasteiger partial charge is 0.341 e. The molecule has 0 spiro atoms. The van der Waals surface area contributed by atoms with Crippen molar-refractivity contribution < 1.29 is 9.53 Å². The Morgan fingerprint density at radius 1 is 1.17 bits per heavy atom. The van der Waals surface area contributed by atoms with Crippen molar-refractivity contribution >= 4 is 39.6 Å². The summed E-state index contributed by atoms with van der Waals surface area (Å²) in [6.07, 6.45) is 8.83. The highest BCUT2D eigenvalue weighted by Gasteiger charge is 2.27. The number of fused-ring (bicyclic) bond motifs is 2. The van der Waals surface area contributed by atoms with Crippen LogP contribution in [0.2, 0.25) is 0 Å². The van der Waals surface area contributed by atoms with Gasteiger partial charge < -0.3 is 15.4 Å². The predicted molar refractivity (Wildman–Crippen MR) is 123 cm³/mol. The zero-order valence-corrected chi connectivity index (χ0v) is 18.5. The van der Waals surface area contributed by atoms with Gasteiger partial charge in [0.15, 0.2) is 5.11 Å². The van der Waals surface area contributed by atoms with Gasteiger partial charge in [-0.3, -0.25) is 0 Å². The fraction of sp³-hybridized carbons (Fsp3) is 0.478. The Bertz CT molecular complexity index is 906. The van der Waals surface area contributed by atoms with E-state index in [4.69, 9.17) is 17.0 Å². The zero-order chi connectivity index (χ0) is 20.2. The summed E-state index contributed by atoms with van der Waals surface area (Å²) < 4.78 is 5.38. The van der Waals surface area contributed by atoms with Crippen molar-refractivity contribution in [2.75, 3.05) is 11.9 Å². The van der Waals surface area contributed by atoms with E-state index in [-0.39, 0.29) is 12.0 Å². The van der Waals surface area contributed by atoms with Crippen LogP contribution in [0, 0.1) is 0 Å². The maximum absolute atomic E-state index is 12.7. The average Bonchev–Trinajstić information content (AvgIpc) is 2.89. The second-order valence-corrected chi connectivity index (χ2v) is 9.24. The highest BCUT2D eigenvalue weighted by Crippen LogP contribution is 2.38. The summed E-state index contributed by atoms with van der Waals surface area (Å²) >= 11 is 7.32. The molecule has 1 atom stereocenters. The van der Waals surface area contributed by atoms with E-state index in [9.17, 15) is 4.79 Å². The van der Waals surface area contributed by atoms with Crippen LogP contribution in [0.4, 0.5) is 5.00 Å². The lowest BCUT2D eigenvalue weighted by atomic mass is 9.88. The Morgan fingerprint density at radius 2 is 2.00 bits per heavy atom. The number of thiophene rings is 1. The second kappa shape index (κ2) is 9.26. The molecule has 1 aromatic heterocycles. The molecule has 0 saturated carbocycles. The van der Waals surface area contributed by atoms with Crippen molar-refractivity contribution in [1.82, 2.24) is 5.32 Å². The summed E-state index contributed by atoms with van der Waals surface area (Å²) in [4.78, 5) is 14.0. The normalized spacial score (nSPS) is 18.2. The minimum absolute atomic E-state index is 0.212. The largest absolute Gasteiger partial charge is 0.462 e. The first kappa shape index (κ1) is 20.4. The van der Waals surface area contributed by atoms with Crippen LogP contribution in [-0.4, -0.2) is 17.7 Å². The molecule has 4 nitrogen and oxygen atoms in total. The lowest BCUT2D eigenvalue weighted by Gasteiger charge is -2.27. The van der Waals surface area contributed by atoms with E-state index in [1.807, 2.05) is 6.92 Å². The Labute approximate surface area is 182 Å². The number of hydrogen-bond donors (Lipinski definition) is 2. The third kappa shape index (κ3) is 4.48. The Balaban J connectivity index is 1.55. The van der Waals surface area contributed by atoms with Gasteiger partial charge in [0.25, 0.3) is 0 Å². The van der Waals surface area contributed by atoms with Crippen molar-refractivity contribution in [2.24, 2.45) is 0 Å². The predicted octanol–water partition coefficient (Wildman–Crippen LogP) is 5.56. The van der Waals surface area contributed by atoms with Gasteiger partial charge in [0.2, 0.25) is 0 Å². The molecule has 1 heterocycles. The SMILES string of the molecule is CCOC(=O)c1c(NC(=S)NC2CCCc3ccccc32)sc2c1CCCCC2. The minimum Gasteiger partial charge on any atom is -0.462 e. The highest BCUT2D eigenvalue weighted by atomic mass is 32.1. The van der Waals surface area contributed by atoms with Crippen LogP contribution >= 0.6 is 23.6 Å². The molecule has 1 unspecified atom stereocenters. The molecule has 0 saturated heterocycles. The van der Waals surface area contributed by atoms with E-state index in [1.165, 1.54) is 34.4 Å². The summed E-state index contributed by atoms with van der Waals surface area (Å²) in [5, 5.41) is 8.24. The maximum atomic E-state index is 12.7. The maximum Gasteiger partial charge on any atom is 0.341 e. The number of rotatable bonds is 4. The summed E-state index contributed by atoms with van der Waals surface area (Å²) in [5.41, 5.74) is 4.59. The number of aryl methyl sites for hydroxylation is 2. The van der Waals surface area contributed by atoms with Gasteiger partial charge in [0.1, 0.15) is 5.00 Å². The third-order valence-corrected chi connectivity index (χ3v) is 7.23. The summed E-state index contributed by atoms with van der Waals surface area (Å²) in [7, 11) is 0. The van der Waals surface area contributed by atoms with Crippen LogP contribution in [0.15, 0.2) is 24.3 Å². The number of hydrogen-bond acceptors (Lipinski definition) is 4. The number of carbonyl (C=O) groups excluding carboxylic acids is 1. The van der Waals surface area contributed by atoms with Crippen molar-refractivity contribution in [1.29, 1.82) is 0 Å². The van der Waals surface area contributed by atoms with E-state index < -0.39 is 0 Å². The first-order chi connectivity index (χ1) is 14.2. The van der Waals surface area contributed by atoms with Crippen molar-refractivity contribution in [3.05, 3.63) is 51.4 Å². The molecule has 0 amide bonds. The molecular weight excluding hydrogens is 400 g/mol. The van der Waals surface area contributed by atoms with Gasteiger partial charge in [-0.25, -0.2) is 4.79 Å². The number of benzene rings is 1. The summed E-state index contributed by atoms with van der Waals surface area (Å²) in [6, 6.07) is 8.79. The number of esters is 1. The van der Waals surface area contributed by atoms with Gasteiger partial charge in [0.05, 0.1) is 18.2 Å². The van der Waals surface area contributed by atoms with E-state index in [0.717, 1.165) is 43.5 Å². The number of nitrogens with one attached hydrogen (secondary N) is 2. The minimum atomic E-state index is -0.236. The van der Waals surface area contributed by atoms with Crippen molar-refractivity contribution in [3.63, 3.8) is 0 Å². The van der Waals surface area contributed by atoms with E-state index in [0.29, 0.717) is 17.3 Å². The quantitative estimate of drug-likeness (QED) is 0.379. The molecule has 2 aliphatic carbocycles. The molecule has 4 rings (SSSR count). The van der Waals surface area contributed by atoms with Crippen LogP contribution < -0.4 is 10.6 Å². The van der Waals surface area contributed by atoms with Gasteiger partial charge >= 0.3 is 5.97 Å². The van der Waals surface area contributed by atoms with Crippen LogP contribution in [-0.2, 0) is 24.0 Å². The average molecular weight is 429 g/mol. The van der Waals surface area contributed by atoms with Gasteiger partial charge in [0, 0.05) is 4.88 Å². The van der Waals surface area contributed by atoms with Crippen LogP contribution in [0.1, 0.15) is 77.0 Å². The Kier molecular flexibility index (Phi) is 6.50. The molecule has 29 heavy (non-hydrogen) atoms. The molecule has 0 radical (unpaired) electrons. The van der Waals surface area contributed by atoms with Crippen LogP contribution in [0.25, 0.3) is 0 Å². The van der Waals surface area contributed by atoms with Gasteiger partial charge in [-0.05, 0) is 80.8 Å². The monoisotopic (exact) mass is 428 g/mol. The standard InChI is InChI=1S/C23H28N2O2S2/c1-2-27-22(26)20-17-12-4-3-5-14-19(17)29-21(20)25-23(28)24-18-13-8-10-15-9-6-7-11-16(15)18/h6-7,9,11,18H,2-5,8,10,12-14H2,1H3,(H2,24,25,28). The zero-order valence-electron chi connectivity index (χ0n) is 16.9. The van der Waals surface area contributed by atoms with E-state index in [1.54, 1.807) is 11.3 Å². The number of thiocarbonyl (C=S) groups is 1. The van der Waals surface area contributed by atoms with Gasteiger partial charge in [-0.15, -0.1) is 11.3 Å². The summed E-state index contributed by atoms with van der Waals surface area (Å²) in [5.74, 6) is -0.236. The number of ether oxygens (including phenoxy) is 1. The third-order valence-electron chi connectivity index (χ3n) is 5.80. The summed E-state index contributed by atoms with van der Waals surface area (Å²) in [6.45, 7) is 2.23. The van der Waals surface area contributed by atoms with E-state index >= 15 is 0 Å². The van der Waals surface area contributed by atoms with Crippen molar-refractivity contribution in [2.45, 2.75) is 64.3 Å². The van der Waals surface area contributed by atoms with Gasteiger partial charge in [-0.1, -0.05) is 30.7 Å². The van der Waals surface area contributed by atoms with Crippen LogP contribution in [0.5, 0.6) is 0 Å². The Hall–Kier alpha value is -1.92. The lowest BCUT2D eigenvalue weighted by Crippen LogP contribution is -2.34. The molecule has 0 fully saturated rings. The number of carbonyl (C=O) groups is 1. The van der Waals surface area contributed by atoms with E-state index in [2.05, 4.69) is 34.9 Å². The molecule has 154 valence electrons. The first-order valence-electron chi connectivity index (χ1n) is 10.6. The Morgan fingerprint density at radius 3 is 2.86 bits per heavy atom. The molecular formula is C23H28N2O2S2. The first-order valence-corrected chi connectivity index (χ1v) is 11.9. The molecule has 2 aliphatic rings. The van der Waals surface area contributed by atoms with Gasteiger partial charge in [-0.2, -0.15) is 0 Å². The topological polar surface area (TPSA) is 50.4 Å².